The van der Waals surface area contributed by atoms with Gasteiger partial charge in [-0.3, -0.25) is 0 Å². The first-order valence-corrected chi connectivity index (χ1v) is 7.62. The van der Waals surface area contributed by atoms with E-state index >= 15 is 0 Å². The number of aliphatic hydroxyl groups is 1. The van der Waals surface area contributed by atoms with Crippen molar-refractivity contribution in [3.05, 3.63) is 23.8 Å². The predicted molar refractivity (Wildman–Crippen MR) is 74.5 cm³/mol. The minimum Gasteiger partial charge on any atom is -0.478 e. The molecule has 0 bridgehead atoms. The standard InChI is InChI=1S/C12H18N2O5S/c1-2-5-14-20(18,19)11-8-9(12(16)17)3-4-10(11)13-6-7-15/h3-4,8,13-15H,2,5-7H2,1H3,(H,16,17). The highest BCUT2D eigenvalue weighted by molar-refractivity contribution is 7.89. The number of carboxylic acid groups (broad SMARTS) is 1. The number of sulfonamides is 1. The zero-order chi connectivity index (χ0) is 15.2. The molecule has 0 fully saturated rings. The summed E-state index contributed by atoms with van der Waals surface area (Å²) < 4.78 is 26.7. The molecular weight excluding hydrogens is 284 g/mol. The topological polar surface area (TPSA) is 116 Å². The molecule has 4 N–H and O–H groups in total. The van der Waals surface area contributed by atoms with Crippen LogP contribution < -0.4 is 10.0 Å². The van der Waals surface area contributed by atoms with Crippen molar-refractivity contribution in [3.63, 3.8) is 0 Å². The molecule has 0 aliphatic heterocycles. The van der Waals surface area contributed by atoms with Gasteiger partial charge in [-0.25, -0.2) is 17.9 Å². The quantitative estimate of drug-likeness (QED) is 0.555. The molecule has 20 heavy (non-hydrogen) atoms. The van der Waals surface area contributed by atoms with Gasteiger partial charge in [-0.2, -0.15) is 0 Å². The van der Waals surface area contributed by atoms with E-state index in [4.69, 9.17) is 10.2 Å². The molecule has 0 heterocycles. The third kappa shape index (κ3) is 4.19. The SMILES string of the molecule is CCCNS(=O)(=O)c1cc(C(=O)O)ccc1NCCO. The molecule has 0 saturated heterocycles. The van der Waals surface area contributed by atoms with E-state index < -0.39 is 16.0 Å². The summed E-state index contributed by atoms with van der Waals surface area (Å²) in [7, 11) is -3.80. The lowest BCUT2D eigenvalue weighted by Gasteiger charge is -2.13. The number of aliphatic hydroxyl groups excluding tert-OH is 1. The lowest BCUT2D eigenvalue weighted by atomic mass is 10.2. The van der Waals surface area contributed by atoms with Gasteiger partial charge in [-0.15, -0.1) is 0 Å². The highest BCUT2D eigenvalue weighted by Crippen LogP contribution is 2.22. The van der Waals surface area contributed by atoms with Crippen molar-refractivity contribution in [2.45, 2.75) is 18.2 Å². The molecule has 1 aromatic rings. The molecule has 112 valence electrons. The second-order valence-electron chi connectivity index (χ2n) is 4.06. The van der Waals surface area contributed by atoms with Crippen LogP contribution in [0.1, 0.15) is 23.7 Å². The lowest BCUT2D eigenvalue weighted by molar-refractivity contribution is 0.0696. The lowest BCUT2D eigenvalue weighted by Crippen LogP contribution is -2.26. The Bertz CT molecular complexity index is 571. The number of aromatic carboxylic acids is 1. The summed E-state index contributed by atoms with van der Waals surface area (Å²) in [6.07, 6.45) is 0.622. The van der Waals surface area contributed by atoms with E-state index in [2.05, 4.69) is 10.0 Å². The molecule has 0 radical (unpaired) electrons. The van der Waals surface area contributed by atoms with Gasteiger partial charge in [0.05, 0.1) is 17.9 Å². The highest BCUT2D eigenvalue weighted by Gasteiger charge is 2.20. The summed E-state index contributed by atoms with van der Waals surface area (Å²) in [6.45, 7) is 2.09. The average molecular weight is 302 g/mol. The van der Waals surface area contributed by atoms with Crippen LogP contribution in [0.4, 0.5) is 5.69 Å². The number of carboxylic acids is 1. The van der Waals surface area contributed by atoms with Gasteiger partial charge in [0.2, 0.25) is 10.0 Å². The van der Waals surface area contributed by atoms with Crippen molar-refractivity contribution in [1.29, 1.82) is 0 Å². The van der Waals surface area contributed by atoms with Gasteiger partial charge in [0.25, 0.3) is 0 Å². The van der Waals surface area contributed by atoms with Crippen LogP contribution in [0.3, 0.4) is 0 Å². The van der Waals surface area contributed by atoms with Crippen LogP contribution in [0.25, 0.3) is 0 Å². The van der Waals surface area contributed by atoms with E-state index in [1.165, 1.54) is 12.1 Å². The van der Waals surface area contributed by atoms with E-state index in [-0.39, 0.29) is 35.8 Å². The largest absolute Gasteiger partial charge is 0.478 e. The molecule has 0 atom stereocenters. The number of hydrogen-bond acceptors (Lipinski definition) is 5. The third-order valence-corrected chi connectivity index (χ3v) is 3.99. The Balaban J connectivity index is 3.23. The zero-order valence-corrected chi connectivity index (χ0v) is 11.9. The first-order valence-electron chi connectivity index (χ1n) is 6.14. The number of nitrogens with one attached hydrogen (secondary N) is 2. The second kappa shape index (κ2) is 7.22. The van der Waals surface area contributed by atoms with Crippen LogP contribution in [-0.4, -0.2) is 44.3 Å². The van der Waals surface area contributed by atoms with Crippen LogP contribution in [0, 0.1) is 0 Å². The van der Waals surface area contributed by atoms with Crippen LogP contribution in [-0.2, 0) is 10.0 Å². The summed E-state index contributed by atoms with van der Waals surface area (Å²) in [5, 5.41) is 20.5. The van der Waals surface area contributed by atoms with Crippen LogP contribution in [0.15, 0.2) is 23.1 Å². The fraction of sp³-hybridized carbons (Fsp3) is 0.417. The summed E-state index contributed by atoms with van der Waals surface area (Å²) in [5.41, 5.74) is 0.143. The van der Waals surface area contributed by atoms with Gasteiger partial charge in [-0.05, 0) is 24.6 Å². The molecule has 0 aliphatic rings. The molecule has 0 spiro atoms. The second-order valence-corrected chi connectivity index (χ2v) is 5.80. The molecule has 0 aromatic heterocycles. The number of rotatable bonds is 8. The van der Waals surface area contributed by atoms with Crippen molar-refractivity contribution in [3.8, 4) is 0 Å². The van der Waals surface area contributed by atoms with E-state index in [9.17, 15) is 13.2 Å². The van der Waals surface area contributed by atoms with Gasteiger partial charge in [0.1, 0.15) is 4.90 Å². The van der Waals surface area contributed by atoms with Gasteiger partial charge < -0.3 is 15.5 Å². The van der Waals surface area contributed by atoms with Crippen molar-refractivity contribution < 1.29 is 23.4 Å². The fourth-order valence-electron chi connectivity index (χ4n) is 1.53. The molecular formula is C12H18N2O5S. The summed E-state index contributed by atoms with van der Waals surface area (Å²) >= 11 is 0. The number of anilines is 1. The minimum absolute atomic E-state index is 0.114. The predicted octanol–water partition coefficient (Wildman–Crippen LogP) is 0.477. The van der Waals surface area contributed by atoms with Crippen LogP contribution in [0.2, 0.25) is 0 Å². The maximum absolute atomic E-state index is 12.1. The molecule has 1 aromatic carbocycles. The van der Waals surface area contributed by atoms with Gasteiger partial charge >= 0.3 is 5.97 Å². The number of carbonyl (C=O) groups is 1. The molecule has 7 nitrogen and oxygen atoms in total. The van der Waals surface area contributed by atoms with Crippen molar-refractivity contribution in [1.82, 2.24) is 4.72 Å². The maximum Gasteiger partial charge on any atom is 0.335 e. The molecule has 0 amide bonds. The first kappa shape index (κ1) is 16.4. The average Bonchev–Trinajstić information content (AvgIpc) is 2.42. The number of hydrogen-bond donors (Lipinski definition) is 4. The van der Waals surface area contributed by atoms with Gasteiger partial charge in [-0.1, -0.05) is 6.92 Å². The van der Waals surface area contributed by atoms with Crippen LogP contribution >= 0.6 is 0 Å². The highest BCUT2D eigenvalue weighted by atomic mass is 32.2. The maximum atomic E-state index is 12.1. The van der Waals surface area contributed by atoms with E-state index in [0.717, 1.165) is 6.07 Å². The van der Waals surface area contributed by atoms with Crippen molar-refractivity contribution in [2.75, 3.05) is 25.0 Å². The van der Waals surface area contributed by atoms with Gasteiger partial charge in [0.15, 0.2) is 0 Å². The molecule has 1 rings (SSSR count). The summed E-state index contributed by atoms with van der Waals surface area (Å²) in [5.74, 6) is -1.20. The Hall–Kier alpha value is -1.64. The van der Waals surface area contributed by atoms with E-state index in [1.54, 1.807) is 0 Å². The Morgan fingerprint density at radius 1 is 1.30 bits per heavy atom. The molecule has 0 saturated carbocycles. The van der Waals surface area contributed by atoms with Crippen molar-refractivity contribution in [2.24, 2.45) is 0 Å². The molecule has 8 heteroatoms. The van der Waals surface area contributed by atoms with E-state index in [1.807, 2.05) is 6.92 Å². The Labute approximate surface area is 117 Å². The fourth-order valence-corrected chi connectivity index (χ4v) is 2.87. The smallest absolute Gasteiger partial charge is 0.335 e. The van der Waals surface area contributed by atoms with Crippen molar-refractivity contribution >= 4 is 21.7 Å². The van der Waals surface area contributed by atoms with Crippen LogP contribution in [0.5, 0.6) is 0 Å². The summed E-state index contributed by atoms with van der Waals surface area (Å²) in [4.78, 5) is 10.8. The Morgan fingerprint density at radius 2 is 2.00 bits per heavy atom. The van der Waals surface area contributed by atoms with Gasteiger partial charge in [0, 0.05) is 13.1 Å². The number of benzene rings is 1. The first-order chi connectivity index (χ1) is 9.42. The van der Waals surface area contributed by atoms with E-state index in [0.29, 0.717) is 6.42 Å². The molecule has 0 unspecified atom stereocenters. The zero-order valence-electron chi connectivity index (χ0n) is 11.1. The third-order valence-electron chi connectivity index (χ3n) is 2.49. The summed E-state index contributed by atoms with van der Waals surface area (Å²) in [6, 6.07) is 3.78. The minimum atomic E-state index is -3.80. The molecule has 0 aliphatic carbocycles. The monoisotopic (exact) mass is 302 g/mol. The Kier molecular flexibility index (Phi) is 5.93. The Morgan fingerprint density at radius 3 is 2.55 bits per heavy atom. The normalized spacial score (nSPS) is 11.3.